The van der Waals surface area contributed by atoms with E-state index in [0.717, 1.165) is 0 Å². The third-order valence-electron chi connectivity index (χ3n) is 1.77. The third-order valence-corrected chi connectivity index (χ3v) is 1.77. The van der Waals surface area contributed by atoms with E-state index in [9.17, 15) is 0 Å². The summed E-state index contributed by atoms with van der Waals surface area (Å²) < 4.78 is 0. The van der Waals surface area contributed by atoms with Gasteiger partial charge in [0, 0.05) is 0 Å². The molecule has 0 heteroatoms. The summed E-state index contributed by atoms with van der Waals surface area (Å²) in [5.41, 5.74) is 2.09. The molecule has 0 heterocycles. The Bertz CT molecular complexity index is 112. The van der Waals surface area contributed by atoms with Gasteiger partial charge in [-0.1, -0.05) is 39.8 Å². The van der Waals surface area contributed by atoms with Crippen LogP contribution in [-0.2, 0) is 0 Å². The van der Waals surface area contributed by atoms with E-state index >= 15 is 0 Å². The second-order valence-electron chi connectivity index (χ2n) is 3.52. The molecule has 0 nitrogen and oxygen atoms in total. The molecule has 0 aromatic rings. The van der Waals surface area contributed by atoms with Crippen LogP contribution in [0.15, 0.2) is 11.6 Å². The van der Waals surface area contributed by atoms with Crippen LogP contribution >= 0.6 is 0 Å². The highest BCUT2D eigenvalue weighted by Gasteiger charge is 2.19. The van der Waals surface area contributed by atoms with Crippen LogP contribution in [0.3, 0.4) is 0 Å². The van der Waals surface area contributed by atoms with Crippen LogP contribution in [0.5, 0.6) is 0 Å². The fraction of sp³-hybridized carbons (Fsp3) is 0.778. The van der Waals surface area contributed by atoms with Gasteiger partial charge in [-0.15, -0.1) is 0 Å². The van der Waals surface area contributed by atoms with E-state index in [1.165, 1.54) is 12.8 Å². The van der Waals surface area contributed by atoms with Gasteiger partial charge in [-0.25, -0.2) is 0 Å². The highest BCUT2D eigenvalue weighted by molar-refractivity contribution is 5.18. The summed E-state index contributed by atoms with van der Waals surface area (Å²) >= 11 is 0. The van der Waals surface area contributed by atoms with Crippen molar-refractivity contribution in [2.45, 2.75) is 41.0 Å². The van der Waals surface area contributed by atoms with Gasteiger partial charge in [0.25, 0.3) is 0 Å². The summed E-state index contributed by atoms with van der Waals surface area (Å²) in [5.74, 6) is 0. The maximum absolute atomic E-state index is 2.35. The summed E-state index contributed by atoms with van der Waals surface area (Å²) in [7, 11) is 0. The maximum Gasteiger partial charge on any atom is -0.0173 e. The normalized spacial score (nSPS) is 17.4. The van der Waals surface area contributed by atoms with Crippen LogP contribution in [0.1, 0.15) is 41.0 Å². The molecule has 0 aliphatic heterocycles. The SMILES string of the molecule is C.CC(C)(C)C1=CCC1. The molecule has 0 radical (unpaired) electrons. The van der Waals surface area contributed by atoms with Crippen molar-refractivity contribution in [3.63, 3.8) is 0 Å². The zero-order chi connectivity index (χ0) is 6.20. The van der Waals surface area contributed by atoms with Gasteiger partial charge in [0.2, 0.25) is 0 Å². The lowest BCUT2D eigenvalue weighted by atomic mass is 9.78. The monoisotopic (exact) mass is 126 g/mol. The van der Waals surface area contributed by atoms with Crippen molar-refractivity contribution in [3.05, 3.63) is 11.6 Å². The van der Waals surface area contributed by atoms with E-state index in [1.54, 1.807) is 5.57 Å². The van der Waals surface area contributed by atoms with Gasteiger partial charge >= 0.3 is 0 Å². The van der Waals surface area contributed by atoms with E-state index in [-0.39, 0.29) is 7.43 Å². The predicted octanol–water partition coefficient (Wildman–Crippen LogP) is 3.39. The van der Waals surface area contributed by atoms with Crippen molar-refractivity contribution < 1.29 is 0 Å². The number of hydrogen-bond acceptors (Lipinski definition) is 0. The van der Waals surface area contributed by atoms with Crippen LogP contribution in [0.4, 0.5) is 0 Å². The molecular formula is C9H18. The lowest BCUT2D eigenvalue weighted by Gasteiger charge is -2.28. The zero-order valence-corrected chi connectivity index (χ0v) is 5.99. The molecule has 0 spiro atoms. The van der Waals surface area contributed by atoms with Gasteiger partial charge in [0.1, 0.15) is 0 Å². The molecule has 0 bridgehead atoms. The molecule has 0 aromatic heterocycles. The molecule has 1 aliphatic carbocycles. The van der Waals surface area contributed by atoms with Gasteiger partial charge in [0.05, 0.1) is 0 Å². The third kappa shape index (κ3) is 1.85. The van der Waals surface area contributed by atoms with E-state index in [0.29, 0.717) is 5.41 Å². The van der Waals surface area contributed by atoms with Gasteiger partial charge in [-0.3, -0.25) is 0 Å². The zero-order valence-electron chi connectivity index (χ0n) is 5.99. The topological polar surface area (TPSA) is 0 Å². The van der Waals surface area contributed by atoms with Crippen molar-refractivity contribution in [3.8, 4) is 0 Å². The highest BCUT2D eigenvalue weighted by atomic mass is 14.2. The average Bonchev–Trinajstić information content (AvgIpc) is 1.16. The minimum atomic E-state index is 0. The second-order valence-corrected chi connectivity index (χ2v) is 3.52. The first kappa shape index (κ1) is 8.74. The summed E-state index contributed by atoms with van der Waals surface area (Å²) in [6.45, 7) is 6.83. The van der Waals surface area contributed by atoms with Crippen LogP contribution < -0.4 is 0 Å². The van der Waals surface area contributed by atoms with E-state index in [4.69, 9.17) is 0 Å². The van der Waals surface area contributed by atoms with E-state index in [2.05, 4.69) is 26.8 Å². The van der Waals surface area contributed by atoms with Crippen molar-refractivity contribution in [2.24, 2.45) is 5.41 Å². The molecule has 0 saturated heterocycles. The molecular weight excluding hydrogens is 108 g/mol. The van der Waals surface area contributed by atoms with Gasteiger partial charge in [-0.2, -0.15) is 0 Å². The largest absolute Gasteiger partial charge is 0.0845 e. The quantitative estimate of drug-likeness (QED) is 0.436. The Morgan fingerprint density at radius 3 is 1.78 bits per heavy atom. The minimum absolute atomic E-state index is 0. The second kappa shape index (κ2) is 2.55. The molecule has 0 atom stereocenters. The molecule has 0 fully saturated rings. The molecule has 0 aromatic carbocycles. The first-order chi connectivity index (χ1) is 3.61. The molecule has 54 valence electrons. The number of hydrogen-bond donors (Lipinski definition) is 0. The Morgan fingerprint density at radius 1 is 1.33 bits per heavy atom. The Labute approximate surface area is 59.0 Å². The van der Waals surface area contributed by atoms with Crippen molar-refractivity contribution in [1.82, 2.24) is 0 Å². The Kier molecular flexibility index (Phi) is 2.48. The number of rotatable bonds is 0. The highest BCUT2D eigenvalue weighted by Crippen LogP contribution is 2.34. The Hall–Kier alpha value is -0.260. The summed E-state index contributed by atoms with van der Waals surface area (Å²) in [6.07, 6.45) is 5.00. The minimum Gasteiger partial charge on any atom is -0.0845 e. The van der Waals surface area contributed by atoms with Crippen LogP contribution in [0.25, 0.3) is 0 Å². The van der Waals surface area contributed by atoms with Gasteiger partial charge < -0.3 is 0 Å². The smallest absolute Gasteiger partial charge is 0.0173 e. The first-order valence-electron chi connectivity index (χ1n) is 3.30. The fourth-order valence-electron chi connectivity index (χ4n) is 0.970. The van der Waals surface area contributed by atoms with E-state index in [1.807, 2.05) is 0 Å². The Morgan fingerprint density at radius 2 is 1.78 bits per heavy atom. The lowest BCUT2D eigenvalue weighted by Crippen LogP contribution is -2.13. The molecule has 0 N–H and O–H groups in total. The predicted molar refractivity (Wildman–Crippen MR) is 43.5 cm³/mol. The first-order valence-corrected chi connectivity index (χ1v) is 3.30. The molecule has 0 unspecified atom stereocenters. The summed E-state index contributed by atoms with van der Waals surface area (Å²) in [4.78, 5) is 0. The van der Waals surface area contributed by atoms with Crippen molar-refractivity contribution in [1.29, 1.82) is 0 Å². The summed E-state index contributed by atoms with van der Waals surface area (Å²) in [6, 6.07) is 0. The fourth-order valence-corrected chi connectivity index (χ4v) is 0.970. The van der Waals surface area contributed by atoms with Crippen LogP contribution in [0.2, 0.25) is 0 Å². The maximum atomic E-state index is 2.35. The van der Waals surface area contributed by atoms with Crippen LogP contribution in [-0.4, -0.2) is 0 Å². The standard InChI is InChI=1S/C8H14.CH4/c1-8(2,3)7-5-4-6-7;/h5H,4,6H2,1-3H3;1H4. The van der Waals surface area contributed by atoms with Crippen LogP contribution in [0, 0.1) is 5.41 Å². The van der Waals surface area contributed by atoms with Gasteiger partial charge in [0.15, 0.2) is 0 Å². The van der Waals surface area contributed by atoms with Crippen molar-refractivity contribution in [2.75, 3.05) is 0 Å². The van der Waals surface area contributed by atoms with Gasteiger partial charge in [-0.05, 0) is 18.3 Å². The average molecular weight is 126 g/mol. The molecule has 1 rings (SSSR count). The molecule has 1 aliphatic rings. The van der Waals surface area contributed by atoms with E-state index < -0.39 is 0 Å². The molecule has 0 saturated carbocycles. The summed E-state index contributed by atoms with van der Waals surface area (Å²) in [5, 5.41) is 0. The Balaban J connectivity index is 0.000000640. The van der Waals surface area contributed by atoms with Crippen molar-refractivity contribution >= 4 is 0 Å². The molecule has 9 heavy (non-hydrogen) atoms. The molecule has 0 amide bonds. The lowest BCUT2D eigenvalue weighted by molar-refractivity contribution is 0.461. The number of allylic oxidation sites excluding steroid dienone is 2.